The van der Waals surface area contributed by atoms with E-state index in [4.69, 9.17) is 23.2 Å². The van der Waals surface area contributed by atoms with Crippen LogP contribution in [0.1, 0.15) is 5.56 Å². The summed E-state index contributed by atoms with van der Waals surface area (Å²) in [5.41, 5.74) is 0.807. The Labute approximate surface area is 62.0 Å². The van der Waals surface area contributed by atoms with Crippen molar-refractivity contribution in [2.24, 2.45) is 0 Å². The first-order valence-electron chi connectivity index (χ1n) is 1.96. The van der Waals surface area contributed by atoms with E-state index in [-0.39, 0.29) is 0 Å². The largest absolute Gasteiger partial charge is 0.130 e. The van der Waals surface area contributed by atoms with Crippen molar-refractivity contribution in [3.8, 4) is 0 Å². The van der Waals surface area contributed by atoms with E-state index in [1.165, 1.54) is 11.3 Å². The fourth-order valence-corrected chi connectivity index (χ4v) is 1.46. The highest BCUT2D eigenvalue weighted by molar-refractivity contribution is 7.15. The van der Waals surface area contributed by atoms with Gasteiger partial charge in [0.1, 0.15) is 4.34 Å². The summed E-state index contributed by atoms with van der Waals surface area (Å²) in [6, 6.07) is 0. The van der Waals surface area contributed by atoms with Gasteiger partial charge in [0.2, 0.25) is 0 Å². The minimum atomic E-state index is 0.580. The van der Waals surface area contributed by atoms with Crippen LogP contribution in [-0.4, -0.2) is 0 Å². The van der Waals surface area contributed by atoms with Crippen molar-refractivity contribution in [1.29, 1.82) is 0 Å². The smallest absolute Gasteiger partial charge is 0.112 e. The van der Waals surface area contributed by atoms with E-state index in [2.05, 4.69) is 6.92 Å². The molecule has 0 aliphatic heterocycles. The van der Waals surface area contributed by atoms with Gasteiger partial charge in [0, 0.05) is 0 Å². The van der Waals surface area contributed by atoms with Gasteiger partial charge in [-0.05, 0) is 17.9 Å². The van der Waals surface area contributed by atoms with Crippen molar-refractivity contribution in [3.63, 3.8) is 0 Å². The van der Waals surface area contributed by atoms with Gasteiger partial charge >= 0.3 is 0 Å². The molecule has 0 aromatic carbocycles. The van der Waals surface area contributed by atoms with Crippen LogP contribution in [0, 0.1) is 6.92 Å². The van der Waals surface area contributed by atoms with Crippen molar-refractivity contribution < 1.29 is 0 Å². The van der Waals surface area contributed by atoms with Gasteiger partial charge in [0.15, 0.2) is 0 Å². The molecule has 1 heterocycles. The lowest BCUT2D eigenvalue weighted by Crippen LogP contribution is -1.58. The molecule has 0 aliphatic carbocycles. The third-order valence-electron chi connectivity index (χ3n) is 0.759. The van der Waals surface area contributed by atoms with Crippen LogP contribution in [0.2, 0.25) is 9.36 Å². The molecule has 0 unspecified atom stereocenters. The molecule has 3 heteroatoms. The predicted octanol–water partition coefficient (Wildman–Crippen LogP) is 3.24. The van der Waals surface area contributed by atoms with Crippen molar-refractivity contribution in [2.45, 2.75) is 0 Å². The Bertz CT molecular complexity index is 173. The van der Waals surface area contributed by atoms with Crippen LogP contribution in [0.15, 0.2) is 5.38 Å². The molecule has 0 saturated heterocycles. The van der Waals surface area contributed by atoms with Gasteiger partial charge in [-0.2, -0.15) is 0 Å². The average molecular weight is 166 g/mol. The summed E-state index contributed by atoms with van der Waals surface area (Å²) in [6.07, 6.45) is 0. The van der Waals surface area contributed by atoms with Crippen molar-refractivity contribution in [3.05, 3.63) is 27.2 Å². The molecule has 0 atom stereocenters. The predicted molar refractivity (Wildman–Crippen MR) is 38.8 cm³/mol. The second kappa shape index (κ2) is 2.26. The van der Waals surface area contributed by atoms with Crippen LogP contribution in [0.4, 0.5) is 0 Å². The normalized spacial score (nSPS) is 9.88. The Morgan fingerprint density at radius 1 is 1.50 bits per heavy atom. The highest BCUT2D eigenvalue weighted by Crippen LogP contribution is 2.31. The van der Waals surface area contributed by atoms with Crippen molar-refractivity contribution >= 4 is 34.5 Å². The molecule has 1 rings (SSSR count). The molecule has 1 radical (unpaired) electrons. The number of halogens is 2. The van der Waals surface area contributed by atoms with Gasteiger partial charge in [-0.25, -0.2) is 0 Å². The second-order valence-electron chi connectivity index (χ2n) is 1.35. The molecule has 0 amide bonds. The summed E-state index contributed by atoms with van der Waals surface area (Å²) >= 11 is 12.6. The SMILES string of the molecule is [CH2]c1csc(Cl)c1Cl. The molecule has 0 spiro atoms. The van der Waals surface area contributed by atoms with Gasteiger partial charge in [0.05, 0.1) is 5.02 Å². The standard InChI is InChI=1S/C5H3Cl2S/c1-3-2-8-5(7)4(3)6/h2H,1H2. The molecule has 0 saturated carbocycles. The molecule has 0 N–H and O–H groups in total. The lowest BCUT2D eigenvalue weighted by Gasteiger charge is -1.81. The second-order valence-corrected chi connectivity index (χ2v) is 3.21. The Hall–Kier alpha value is 0.280. The van der Waals surface area contributed by atoms with Crippen LogP contribution in [0.25, 0.3) is 0 Å². The summed E-state index contributed by atoms with van der Waals surface area (Å²) in [5.74, 6) is 0. The monoisotopic (exact) mass is 165 g/mol. The van der Waals surface area contributed by atoms with E-state index in [0.717, 1.165) is 5.56 Å². The maximum atomic E-state index is 5.61. The maximum absolute atomic E-state index is 5.61. The minimum Gasteiger partial charge on any atom is -0.130 e. The van der Waals surface area contributed by atoms with E-state index in [9.17, 15) is 0 Å². The van der Waals surface area contributed by atoms with Crippen LogP contribution >= 0.6 is 34.5 Å². The van der Waals surface area contributed by atoms with Gasteiger partial charge in [-0.1, -0.05) is 23.2 Å². The quantitative estimate of drug-likeness (QED) is 0.554. The summed E-state index contributed by atoms with van der Waals surface area (Å²) in [4.78, 5) is 0. The average Bonchev–Trinajstić information content (AvgIpc) is 1.98. The lowest BCUT2D eigenvalue weighted by atomic mass is 10.4. The van der Waals surface area contributed by atoms with Gasteiger partial charge in [-0.3, -0.25) is 0 Å². The van der Waals surface area contributed by atoms with E-state index < -0.39 is 0 Å². The Kier molecular flexibility index (Phi) is 1.81. The first kappa shape index (κ1) is 6.40. The number of hydrogen-bond acceptors (Lipinski definition) is 1. The zero-order valence-corrected chi connectivity index (χ0v) is 6.28. The zero-order chi connectivity index (χ0) is 6.15. The third kappa shape index (κ3) is 0.993. The maximum Gasteiger partial charge on any atom is 0.112 e. The summed E-state index contributed by atoms with van der Waals surface area (Å²) in [6.45, 7) is 3.63. The van der Waals surface area contributed by atoms with Gasteiger partial charge in [0.25, 0.3) is 0 Å². The van der Waals surface area contributed by atoms with E-state index in [1.807, 2.05) is 5.38 Å². The Morgan fingerprint density at radius 2 is 2.12 bits per heavy atom. The molecule has 0 fully saturated rings. The van der Waals surface area contributed by atoms with Crippen LogP contribution in [-0.2, 0) is 0 Å². The first-order valence-corrected chi connectivity index (χ1v) is 3.60. The fourth-order valence-electron chi connectivity index (χ4n) is 0.353. The van der Waals surface area contributed by atoms with Crippen LogP contribution in [0.3, 0.4) is 0 Å². The van der Waals surface area contributed by atoms with Crippen LogP contribution < -0.4 is 0 Å². The fraction of sp³-hybridized carbons (Fsp3) is 0. The number of hydrogen-bond donors (Lipinski definition) is 0. The summed E-state index contributed by atoms with van der Waals surface area (Å²) in [5, 5.41) is 2.40. The highest BCUT2D eigenvalue weighted by Gasteiger charge is 2.00. The number of thiophene rings is 1. The highest BCUT2D eigenvalue weighted by atomic mass is 35.5. The zero-order valence-electron chi connectivity index (χ0n) is 3.95. The molecule has 0 bridgehead atoms. The molecular weight excluding hydrogens is 163 g/mol. The molecule has 8 heavy (non-hydrogen) atoms. The number of rotatable bonds is 0. The molecule has 0 nitrogen and oxygen atoms in total. The molecule has 43 valence electrons. The van der Waals surface area contributed by atoms with E-state index in [1.54, 1.807) is 0 Å². The molecule has 0 aliphatic rings. The lowest BCUT2D eigenvalue weighted by molar-refractivity contribution is 1.79. The Morgan fingerprint density at radius 3 is 2.25 bits per heavy atom. The molecular formula is C5H3Cl2S. The molecule has 1 aromatic rings. The summed E-state index contributed by atoms with van der Waals surface area (Å²) in [7, 11) is 0. The van der Waals surface area contributed by atoms with Crippen molar-refractivity contribution in [1.82, 2.24) is 0 Å². The van der Waals surface area contributed by atoms with Gasteiger partial charge < -0.3 is 0 Å². The Balaban J connectivity index is 3.19. The minimum absolute atomic E-state index is 0.580. The third-order valence-corrected chi connectivity index (χ3v) is 2.67. The van der Waals surface area contributed by atoms with Gasteiger partial charge in [-0.15, -0.1) is 11.3 Å². The van der Waals surface area contributed by atoms with Crippen LogP contribution in [0.5, 0.6) is 0 Å². The van der Waals surface area contributed by atoms with E-state index >= 15 is 0 Å². The molecule has 1 aromatic heterocycles. The van der Waals surface area contributed by atoms with E-state index in [0.29, 0.717) is 9.36 Å². The topological polar surface area (TPSA) is 0 Å². The first-order chi connectivity index (χ1) is 3.72. The summed E-state index contributed by atoms with van der Waals surface area (Å²) < 4.78 is 0.622. The van der Waals surface area contributed by atoms with Crippen molar-refractivity contribution in [2.75, 3.05) is 0 Å².